The molecule has 0 amide bonds. The monoisotopic (exact) mass is 421 g/mol. The Balaban J connectivity index is 2.15. The highest BCUT2D eigenvalue weighted by molar-refractivity contribution is 9.10. The van der Waals surface area contributed by atoms with Crippen LogP contribution in [0.2, 0.25) is 0 Å². The number of hydrogen-bond acceptors (Lipinski definition) is 5. The zero-order chi connectivity index (χ0) is 19.7. The van der Waals surface area contributed by atoms with Gasteiger partial charge in [-0.15, -0.1) is 0 Å². The lowest BCUT2D eigenvalue weighted by molar-refractivity contribution is 0.862. The van der Waals surface area contributed by atoms with Gasteiger partial charge in [0.25, 0.3) is 5.56 Å². The average molecular weight is 422 g/mol. The quantitative estimate of drug-likeness (QED) is 0.691. The van der Waals surface area contributed by atoms with Gasteiger partial charge in [-0.3, -0.25) is 4.79 Å². The van der Waals surface area contributed by atoms with E-state index in [0.717, 1.165) is 11.1 Å². The molecule has 0 aliphatic heterocycles. The van der Waals surface area contributed by atoms with E-state index in [0.29, 0.717) is 32.3 Å². The van der Waals surface area contributed by atoms with Gasteiger partial charge in [0.2, 0.25) is 0 Å². The van der Waals surface area contributed by atoms with E-state index in [1.54, 1.807) is 19.2 Å². The second kappa shape index (κ2) is 7.22. The van der Waals surface area contributed by atoms with Crippen LogP contribution >= 0.6 is 15.9 Å². The van der Waals surface area contributed by atoms with Crippen LogP contribution in [0.4, 0.5) is 5.82 Å². The number of nitrogens with zero attached hydrogens (tertiary/aromatic N) is 4. The van der Waals surface area contributed by atoms with Crippen molar-refractivity contribution in [1.82, 2.24) is 9.55 Å². The first-order chi connectivity index (χ1) is 12.9. The van der Waals surface area contributed by atoms with E-state index in [4.69, 9.17) is 0 Å². The molecule has 1 N–H and O–H groups in total. The Morgan fingerprint density at radius 2 is 1.96 bits per heavy atom. The number of benzene rings is 1. The Hall–Kier alpha value is -3.16. The second-order valence-corrected chi connectivity index (χ2v) is 7.10. The predicted molar refractivity (Wildman–Crippen MR) is 107 cm³/mol. The Labute approximate surface area is 164 Å². The molecular formula is C20H16BrN5O. The Kier molecular flexibility index (Phi) is 4.98. The van der Waals surface area contributed by atoms with Crippen LogP contribution < -0.4 is 10.9 Å². The van der Waals surface area contributed by atoms with Crippen molar-refractivity contribution < 1.29 is 0 Å². The Bertz CT molecular complexity index is 1200. The van der Waals surface area contributed by atoms with Crippen molar-refractivity contribution in [3.05, 3.63) is 67.5 Å². The second-order valence-electron chi connectivity index (χ2n) is 6.25. The lowest BCUT2D eigenvalue weighted by Crippen LogP contribution is -2.19. The van der Waals surface area contributed by atoms with Crippen LogP contribution in [0.25, 0.3) is 10.9 Å². The third kappa shape index (κ3) is 3.18. The first-order valence-corrected chi connectivity index (χ1v) is 9.02. The summed E-state index contributed by atoms with van der Waals surface area (Å²) in [5.41, 5.74) is 3.16. The fraction of sp³-hybridized carbons (Fsp3) is 0.200. The highest BCUT2D eigenvalue weighted by Gasteiger charge is 2.17. The van der Waals surface area contributed by atoms with Gasteiger partial charge in [0.05, 0.1) is 33.2 Å². The minimum Gasteiger partial charge on any atom is -0.363 e. The molecule has 3 rings (SSSR count). The summed E-state index contributed by atoms with van der Waals surface area (Å²) in [7, 11) is 1.63. The summed E-state index contributed by atoms with van der Waals surface area (Å²) in [6.07, 6.45) is 1.46. The minimum absolute atomic E-state index is 0.127. The number of nitrogens with one attached hydrogen (secondary N) is 1. The molecule has 1 aromatic carbocycles. The normalized spacial score (nSPS) is 11.6. The minimum atomic E-state index is -0.221. The van der Waals surface area contributed by atoms with Crippen LogP contribution in [0, 0.1) is 29.6 Å². The van der Waals surface area contributed by atoms with Crippen molar-refractivity contribution in [3.8, 4) is 12.1 Å². The molecule has 0 saturated carbocycles. The largest absolute Gasteiger partial charge is 0.363 e. The number of anilines is 1. The smallest absolute Gasteiger partial charge is 0.265 e. The van der Waals surface area contributed by atoms with Crippen LogP contribution in [0.3, 0.4) is 0 Å². The molecule has 2 aromatic heterocycles. The number of aromatic nitrogens is 2. The number of rotatable bonds is 3. The third-order valence-corrected chi connectivity index (χ3v) is 5.21. The zero-order valence-electron chi connectivity index (χ0n) is 15.0. The Morgan fingerprint density at radius 1 is 1.26 bits per heavy atom. The van der Waals surface area contributed by atoms with E-state index < -0.39 is 0 Å². The molecule has 0 aliphatic carbocycles. The van der Waals surface area contributed by atoms with Crippen molar-refractivity contribution in [1.29, 1.82) is 10.5 Å². The highest BCUT2D eigenvalue weighted by atomic mass is 79.9. The predicted octanol–water partition coefficient (Wildman–Crippen LogP) is 3.92. The maximum Gasteiger partial charge on any atom is 0.265 e. The van der Waals surface area contributed by atoms with Gasteiger partial charge in [0.1, 0.15) is 11.9 Å². The maximum atomic E-state index is 12.3. The van der Waals surface area contributed by atoms with E-state index >= 15 is 0 Å². The lowest BCUT2D eigenvalue weighted by atomic mass is 9.98. The summed E-state index contributed by atoms with van der Waals surface area (Å²) in [4.78, 5) is 16.6. The van der Waals surface area contributed by atoms with Gasteiger partial charge in [0, 0.05) is 18.6 Å². The molecule has 1 atom stereocenters. The third-order valence-electron chi connectivity index (χ3n) is 4.64. The molecule has 134 valence electrons. The van der Waals surface area contributed by atoms with Crippen LogP contribution in [-0.2, 0) is 7.05 Å². The molecular weight excluding hydrogens is 406 g/mol. The molecule has 6 nitrogen and oxygen atoms in total. The van der Waals surface area contributed by atoms with Gasteiger partial charge in [-0.1, -0.05) is 12.1 Å². The lowest BCUT2D eigenvalue weighted by Gasteiger charge is -2.20. The van der Waals surface area contributed by atoms with Crippen molar-refractivity contribution in [2.75, 3.05) is 5.32 Å². The summed E-state index contributed by atoms with van der Waals surface area (Å²) in [6.45, 7) is 3.89. The topological polar surface area (TPSA) is 94.5 Å². The van der Waals surface area contributed by atoms with Crippen molar-refractivity contribution in [3.63, 3.8) is 0 Å². The zero-order valence-corrected chi connectivity index (χ0v) is 16.6. The van der Waals surface area contributed by atoms with Gasteiger partial charge in [-0.2, -0.15) is 10.5 Å². The molecule has 3 aromatic rings. The number of nitriles is 2. The van der Waals surface area contributed by atoms with Crippen LogP contribution in [0.5, 0.6) is 0 Å². The fourth-order valence-corrected chi connectivity index (χ4v) is 3.68. The van der Waals surface area contributed by atoms with Crippen molar-refractivity contribution in [2.24, 2.45) is 7.05 Å². The molecule has 0 radical (unpaired) electrons. The van der Waals surface area contributed by atoms with Crippen LogP contribution in [0.1, 0.15) is 35.2 Å². The summed E-state index contributed by atoms with van der Waals surface area (Å²) in [6, 6.07) is 11.4. The molecule has 0 aliphatic rings. The van der Waals surface area contributed by atoms with Crippen molar-refractivity contribution in [2.45, 2.75) is 19.9 Å². The highest BCUT2D eigenvalue weighted by Crippen LogP contribution is 2.29. The number of hydrogen-bond donors (Lipinski definition) is 1. The van der Waals surface area contributed by atoms with E-state index in [9.17, 15) is 15.3 Å². The number of aryl methyl sites for hydroxylation is 1. The van der Waals surface area contributed by atoms with Gasteiger partial charge in [-0.05, 0) is 53.0 Å². The first-order valence-electron chi connectivity index (χ1n) is 8.23. The van der Waals surface area contributed by atoms with Gasteiger partial charge in [-0.25, -0.2) is 4.98 Å². The summed E-state index contributed by atoms with van der Waals surface area (Å²) in [5.74, 6) is 0.564. The number of halogens is 1. The van der Waals surface area contributed by atoms with Gasteiger partial charge in [0.15, 0.2) is 0 Å². The maximum absolute atomic E-state index is 12.3. The molecule has 0 fully saturated rings. The van der Waals surface area contributed by atoms with Gasteiger partial charge >= 0.3 is 0 Å². The van der Waals surface area contributed by atoms with E-state index in [-0.39, 0.29) is 11.6 Å². The van der Waals surface area contributed by atoms with E-state index in [1.165, 1.54) is 10.8 Å². The van der Waals surface area contributed by atoms with Crippen LogP contribution in [0.15, 0.2) is 39.7 Å². The standard InChI is InChI=1S/C20H16BrN5O/c1-11-13(8-22)5-4-6-15(11)12(2)25-19-16-7-17(21)20(27)26(3)18(16)14(9-23)10-24-19/h4-7,10,12H,1-3H3,(H,24,25)/t12-/m1/s1. The molecule has 0 bridgehead atoms. The van der Waals surface area contributed by atoms with Crippen LogP contribution in [-0.4, -0.2) is 9.55 Å². The molecule has 0 saturated heterocycles. The number of pyridine rings is 2. The first kappa shape index (κ1) is 18.6. The average Bonchev–Trinajstić information content (AvgIpc) is 2.66. The molecule has 0 spiro atoms. The summed E-state index contributed by atoms with van der Waals surface area (Å²) >= 11 is 3.28. The van der Waals surface area contributed by atoms with E-state index in [2.05, 4.69) is 38.4 Å². The van der Waals surface area contributed by atoms with E-state index in [1.807, 2.05) is 26.0 Å². The molecule has 0 unspecified atom stereocenters. The summed E-state index contributed by atoms with van der Waals surface area (Å²) in [5, 5.41) is 22.7. The molecule has 2 heterocycles. The summed E-state index contributed by atoms with van der Waals surface area (Å²) < 4.78 is 1.84. The van der Waals surface area contributed by atoms with Gasteiger partial charge < -0.3 is 9.88 Å². The van der Waals surface area contributed by atoms with Crippen molar-refractivity contribution >= 4 is 32.7 Å². The fourth-order valence-electron chi connectivity index (χ4n) is 3.19. The SMILES string of the molecule is Cc1c(C#N)cccc1[C@@H](C)Nc1ncc(C#N)c2c1cc(Br)c(=O)n2C. The Morgan fingerprint density at radius 3 is 2.63 bits per heavy atom. The number of fused-ring (bicyclic) bond motifs is 1. The molecule has 7 heteroatoms. The molecule has 27 heavy (non-hydrogen) atoms.